The number of ether oxygens (including phenoxy) is 1. The van der Waals surface area contributed by atoms with E-state index in [0.29, 0.717) is 10.9 Å². The first-order valence-electron chi connectivity index (χ1n) is 5.42. The molecule has 0 aliphatic carbocycles. The van der Waals surface area contributed by atoms with E-state index in [-0.39, 0.29) is 18.7 Å². The number of nitrogens with zero attached hydrogens (tertiary/aromatic N) is 3. The van der Waals surface area contributed by atoms with Crippen LogP contribution in [0.25, 0.3) is 10.9 Å². The normalized spacial score (nSPS) is 11.9. The van der Waals surface area contributed by atoms with Crippen LogP contribution < -0.4 is 5.56 Å². The zero-order valence-electron chi connectivity index (χ0n) is 9.84. The molecule has 102 valence electrons. The summed E-state index contributed by atoms with van der Waals surface area (Å²) < 4.78 is 16.4. The van der Waals surface area contributed by atoms with Crippen molar-refractivity contribution >= 4 is 18.5 Å². The number of hydrogen-bond acceptors (Lipinski definition) is 5. The number of aromatic nitrogens is 3. The zero-order valence-corrected chi connectivity index (χ0v) is 10.7. The maximum absolute atomic E-state index is 12.0. The van der Waals surface area contributed by atoms with Crippen LogP contribution in [0, 0.1) is 0 Å². The van der Waals surface area contributed by atoms with Gasteiger partial charge in [0.05, 0.1) is 18.5 Å². The Morgan fingerprint density at radius 2 is 2.05 bits per heavy atom. The molecule has 0 unspecified atom stereocenters. The van der Waals surface area contributed by atoms with Crippen molar-refractivity contribution in [3.63, 3.8) is 0 Å². The van der Waals surface area contributed by atoms with Crippen LogP contribution >= 0.6 is 7.60 Å². The zero-order chi connectivity index (χ0) is 13.9. The van der Waals surface area contributed by atoms with Crippen LogP contribution in [-0.2, 0) is 15.8 Å². The minimum absolute atomic E-state index is 0.0297. The van der Waals surface area contributed by atoms with Crippen LogP contribution in [-0.4, -0.2) is 37.7 Å². The van der Waals surface area contributed by atoms with E-state index in [9.17, 15) is 9.36 Å². The van der Waals surface area contributed by atoms with Crippen LogP contribution in [0.4, 0.5) is 0 Å². The molecular weight excluding hydrogens is 273 g/mol. The molecule has 0 aliphatic heterocycles. The van der Waals surface area contributed by atoms with Crippen molar-refractivity contribution in [3.8, 4) is 0 Å². The van der Waals surface area contributed by atoms with Gasteiger partial charge in [-0.3, -0.25) is 9.36 Å². The monoisotopic (exact) mass is 285 g/mol. The molecule has 0 spiro atoms. The van der Waals surface area contributed by atoms with Gasteiger partial charge in [0.15, 0.2) is 0 Å². The highest BCUT2D eigenvalue weighted by Gasteiger charge is 2.12. The van der Waals surface area contributed by atoms with E-state index in [1.54, 1.807) is 24.3 Å². The molecule has 1 aromatic heterocycles. The second-order valence-electron chi connectivity index (χ2n) is 3.84. The van der Waals surface area contributed by atoms with Gasteiger partial charge in [-0.2, -0.15) is 0 Å². The molecule has 0 bridgehead atoms. The molecule has 0 saturated carbocycles. The smallest absolute Gasteiger partial charge is 0.350 e. The Hall–Kier alpha value is -1.60. The Balaban J connectivity index is 2.08. The summed E-state index contributed by atoms with van der Waals surface area (Å²) in [7, 11) is -4.18. The van der Waals surface area contributed by atoms with E-state index < -0.39 is 13.9 Å². The quantitative estimate of drug-likeness (QED) is 0.584. The second kappa shape index (κ2) is 5.58. The van der Waals surface area contributed by atoms with Gasteiger partial charge in [0.25, 0.3) is 5.56 Å². The number of hydrogen-bond donors (Lipinski definition) is 2. The molecule has 0 saturated heterocycles. The Kier molecular flexibility index (Phi) is 4.06. The lowest BCUT2D eigenvalue weighted by Gasteiger charge is -2.06. The first-order valence-corrected chi connectivity index (χ1v) is 7.22. The SMILES string of the molecule is O=c1c2ccccc2nnn1CCOCP(=O)(O)O. The minimum Gasteiger partial charge on any atom is -0.367 e. The Morgan fingerprint density at radius 1 is 1.32 bits per heavy atom. The summed E-state index contributed by atoms with van der Waals surface area (Å²) in [6.45, 7) is 0.0503. The topological polar surface area (TPSA) is 115 Å². The van der Waals surface area contributed by atoms with Gasteiger partial charge in [0, 0.05) is 0 Å². The molecule has 0 fully saturated rings. The standard InChI is InChI=1S/C10H12N3O5P/c14-10-8-3-1-2-4-9(8)11-12-13(10)5-6-18-7-19(15,16)17/h1-4H,5-7H2,(H2,15,16,17). The molecule has 2 rings (SSSR count). The summed E-state index contributed by atoms with van der Waals surface area (Å²) in [6.07, 6.45) is -0.678. The maximum Gasteiger partial charge on any atom is 0.350 e. The third-order valence-corrected chi connectivity index (χ3v) is 2.86. The van der Waals surface area contributed by atoms with E-state index in [1.807, 2.05) is 0 Å². The van der Waals surface area contributed by atoms with E-state index in [2.05, 4.69) is 10.3 Å². The van der Waals surface area contributed by atoms with E-state index in [0.717, 1.165) is 4.68 Å². The molecule has 2 N–H and O–H groups in total. The molecule has 9 heteroatoms. The van der Waals surface area contributed by atoms with Crippen molar-refractivity contribution in [2.24, 2.45) is 0 Å². The first-order chi connectivity index (χ1) is 8.97. The van der Waals surface area contributed by atoms with Crippen LogP contribution in [0.1, 0.15) is 0 Å². The van der Waals surface area contributed by atoms with E-state index in [4.69, 9.17) is 14.5 Å². The summed E-state index contributed by atoms with van der Waals surface area (Å²) in [4.78, 5) is 29.2. The molecule has 0 atom stereocenters. The van der Waals surface area contributed by atoms with Gasteiger partial charge in [-0.05, 0) is 12.1 Å². The van der Waals surface area contributed by atoms with Crippen molar-refractivity contribution < 1.29 is 19.1 Å². The predicted molar refractivity (Wildman–Crippen MR) is 66.7 cm³/mol. The Bertz CT molecular complexity index is 680. The van der Waals surface area contributed by atoms with Crippen molar-refractivity contribution in [2.75, 3.05) is 13.0 Å². The van der Waals surface area contributed by atoms with Gasteiger partial charge in [-0.25, -0.2) is 4.68 Å². The summed E-state index contributed by atoms with van der Waals surface area (Å²) in [5.74, 6) is 0. The highest BCUT2D eigenvalue weighted by molar-refractivity contribution is 7.51. The Morgan fingerprint density at radius 3 is 2.79 bits per heavy atom. The van der Waals surface area contributed by atoms with E-state index >= 15 is 0 Å². The van der Waals surface area contributed by atoms with Crippen molar-refractivity contribution in [2.45, 2.75) is 6.54 Å². The molecule has 19 heavy (non-hydrogen) atoms. The van der Waals surface area contributed by atoms with Crippen LogP contribution in [0.5, 0.6) is 0 Å². The average molecular weight is 285 g/mol. The summed E-state index contributed by atoms with van der Waals surface area (Å²) in [5, 5.41) is 8.03. The second-order valence-corrected chi connectivity index (χ2v) is 5.42. The lowest BCUT2D eigenvalue weighted by atomic mass is 10.2. The molecule has 0 amide bonds. The predicted octanol–water partition coefficient (Wildman–Crippen LogP) is -0.0567. The van der Waals surface area contributed by atoms with Crippen LogP contribution in [0.3, 0.4) is 0 Å². The van der Waals surface area contributed by atoms with Gasteiger partial charge in [-0.15, -0.1) is 5.10 Å². The largest absolute Gasteiger partial charge is 0.367 e. The van der Waals surface area contributed by atoms with Crippen LogP contribution in [0.2, 0.25) is 0 Å². The van der Waals surface area contributed by atoms with Gasteiger partial charge in [-0.1, -0.05) is 17.3 Å². The number of benzene rings is 1. The third-order valence-electron chi connectivity index (χ3n) is 2.34. The third kappa shape index (κ3) is 3.68. The highest BCUT2D eigenvalue weighted by Crippen LogP contribution is 2.33. The first kappa shape index (κ1) is 13.8. The fraction of sp³-hybridized carbons (Fsp3) is 0.300. The highest BCUT2D eigenvalue weighted by atomic mass is 31.2. The molecule has 8 nitrogen and oxygen atoms in total. The van der Waals surface area contributed by atoms with Crippen LogP contribution in [0.15, 0.2) is 29.1 Å². The fourth-order valence-corrected chi connectivity index (χ4v) is 1.87. The summed E-state index contributed by atoms with van der Waals surface area (Å²) >= 11 is 0. The van der Waals surface area contributed by atoms with Gasteiger partial charge in [0.1, 0.15) is 11.9 Å². The van der Waals surface area contributed by atoms with Gasteiger partial charge >= 0.3 is 7.60 Å². The summed E-state index contributed by atoms with van der Waals surface area (Å²) in [5.41, 5.74) is 0.185. The molecule has 1 heterocycles. The lowest BCUT2D eigenvalue weighted by molar-refractivity contribution is 0.144. The molecular formula is C10H12N3O5P. The lowest BCUT2D eigenvalue weighted by Crippen LogP contribution is -2.26. The minimum atomic E-state index is -4.18. The maximum atomic E-state index is 12.0. The fourth-order valence-electron chi connectivity index (χ4n) is 1.50. The van der Waals surface area contributed by atoms with E-state index in [1.165, 1.54) is 0 Å². The van der Waals surface area contributed by atoms with Gasteiger partial charge < -0.3 is 14.5 Å². The summed E-state index contributed by atoms with van der Waals surface area (Å²) in [6, 6.07) is 6.79. The molecule has 2 aromatic rings. The molecule has 1 aromatic carbocycles. The average Bonchev–Trinajstić information content (AvgIpc) is 2.36. The molecule has 0 radical (unpaired) electrons. The van der Waals surface area contributed by atoms with Gasteiger partial charge in [0.2, 0.25) is 0 Å². The number of rotatable bonds is 5. The number of fused-ring (bicyclic) bond motifs is 1. The van der Waals surface area contributed by atoms with Crippen molar-refractivity contribution in [1.82, 2.24) is 15.0 Å². The Labute approximate surface area is 107 Å². The van der Waals surface area contributed by atoms with Crippen molar-refractivity contribution in [1.29, 1.82) is 0 Å². The molecule has 0 aliphatic rings. The van der Waals surface area contributed by atoms with Crippen molar-refractivity contribution in [3.05, 3.63) is 34.6 Å².